The fraction of sp³-hybridized carbons (Fsp3) is 0.190. The molecule has 33 heavy (non-hydrogen) atoms. The molecule has 3 aromatic rings. The van der Waals surface area contributed by atoms with Crippen molar-refractivity contribution in [3.63, 3.8) is 0 Å². The first kappa shape index (κ1) is 24.5. The van der Waals surface area contributed by atoms with E-state index in [-0.39, 0.29) is 23.8 Å². The van der Waals surface area contributed by atoms with E-state index in [1.54, 1.807) is 25.1 Å². The number of rotatable bonds is 7. The predicted octanol–water partition coefficient (Wildman–Crippen LogP) is 5.29. The van der Waals surface area contributed by atoms with E-state index in [0.717, 1.165) is 0 Å². The lowest BCUT2D eigenvalue weighted by molar-refractivity contribution is 0.101. The van der Waals surface area contributed by atoms with Crippen LogP contribution in [0.1, 0.15) is 28.0 Å². The Kier molecular flexibility index (Phi) is 8.27. The van der Waals surface area contributed by atoms with Crippen LogP contribution in [0, 0.1) is 18.3 Å². The summed E-state index contributed by atoms with van der Waals surface area (Å²) in [4.78, 5) is 29.6. The minimum atomic E-state index is -0.738. The van der Waals surface area contributed by atoms with Crippen molar-refractivity contribution in [2.75, 3.05) is 23.1 Å². The summed E-state index contributed by atoms with van der Waals surface area (Å²) < 4.78 is 6.76. The van der Waals surface area contributed by atoms with Crippen molar-refractivity contribution in [3.8, 4) is 11.9 Å². The van der Waals surface area contributed by atoms with E-state index < -0.39 is 12.0 Å². The molecule has 0 aliphatic heterocycles. The maximum atomic E-state index is 13.2. The minimum Gasteiger partial charge on any atom is -0.449 e. The normalized spacial score (nSPS) is 10.4. The molecule has 2 aromatic heterocycles. The Labute approximate surface area is 207 Å². The van der Waals surface area contributed by atoms with E-state index in [1.165, 1.54) is 23.0 Å². The number of anilines is 2. The third-order valence-corrected chi connectivity index (χ3v) is 5.25. The molecule has 0 unspecified atom stereocenters. The first-order chi connectivity index (χ1) is 15.8. The van der Waals surface area contributed by atoms with E-state index >= 15 is 0 Å². The second-order valence-electron chi connectivity index (χ2n) is 6.66. The van der Waals surface area contributed by atoms with E-state index in [0.29, 0.717) is 38.7 Å². The van der Waals surface area contributed by atoms with Crippen molar-refractivity contribution in [1.82, 2.24) is 14.8 Å². The quantitative estimate of drug-likeness (QED) is 0.304. The summed E-state index contributed by atoms with van der Waals surface area (Å²) in [6, 6.07) is 9.84. The molecule has 170 valence electrons. The molecule has 0 radical (unpaired) electrons. The highest BCUT2D eigenvalue weighted by atomic mass is 79.9. The van der Waals surface area contributed by atoms with Gasteiger partial charge in [0.25, 0.3) is 5.91 Å². The SMILES string of the molecule is Cc1cc(C#N)cc(NC(=O)OCCCCl)c1NC(=O)c1cc(Br)nn1-c1ncccc1Cl. The van der Waals surface area contributed by atoms with Crippen LogP contribution in [0.25, 0.3) is 5.82 Å². The highest BCUT2D eigenvalue weighted by Gasteiger charge is 2.21. The van der Waals surface area contributed by atoms with Crippen molar-refractivity contribution >= 4 is 62.5 Å². The average molecular weight is 552 g/mol. The number of halogens is 3. The zero-order valence-electron chi connectivity index (χ0n) is 17.2. The zero-order valence-corrected chi connectivity index (χ0v) is 20.3. The van der Waals surface area contributed by atoms with Gasteiger partial charge in [-0.25, -0.2) is 14.5 Å². The van der Waals surface area contributed by atoms with Crippen LogP contribution in [0.4, 0.5) is 16.2 Å². The number of hydrogen-bond acceptors (Lipinski definition) is 6. The number of nitrogens with one attached hydrogen (secondary N) is 2. The van der Waals surface area contributed by atoms with Crippen molar-refractivity contribution in [2.24, 2.45) is 0 Å². The van der Waals surface area contributed by atoms with Gasteiger partial charge in [0, 0.05) is 18.1 Å². The summed E-state index contributed by atoms with van der Waals surface area (Å²) >= 11 is 15.1. The molecule has 0 aliphatic rings. The number of pyridine rings is 1. The van der Waals surface area contributed by atoms with Gasteiger partial charge in [-0.1, -0.05) is 11.6 Å². The third-order valence-electron chi connectivity index (χ3n) is 4.30. The Morgan fingerprint density at radius 3 is 2.79 bits per heavy atom. The Balaban J connectivity index is 1.94. The van der Waals surface area contributed by atoms with Crippen molar-refractivity contribution in [1.29, 1.82) is 5.26 Å². The lowest BCUT2D eigenvalue weighted by atomic mass is 10.1. The summed E-state index contributed by atoms with van der Waals surface area (Å²) in [6.07, 6.45) is 1.28. The molecule has 0 spiro atoms. The lowest BCUT2D eigenvalue weighted by Gasteiger charge is -2.16. The van der Waals surface area contributed by atoms with Gasteiger partial charge in [-0.15, -0.1) is 11.6 Å². The summed E-state index contributed by atoms with van der Waals surface area (Å²) in [5, 5.41) is 19.2. The Morgan fingerprint density at radius 2 is 2.09 bits per heavy atom. The number of carbonyl (C=O) groups excluding carboxylic acids is 2. The molecule has 0 fully saturated rings. The molecular weight excluding hydrogens is 535 g/mol. The largest absolute Gasteiger partial charge is 0.449 e. The molecule has 2 amide bonds. The molecule has 0 bridgehead atoms. The van der Waals surface area contributed by atoms with E-state index in [1.807, 2.05) is 6.07 Å². The summed E-state index contributed by atoms with van der Waals surface area (Å²) in [6.45, 7) is 1.83. The first-order valence-electron chi connectivity index (χ1n) is 9.56. The summed E-state index contributed by atoms with van der Waals surface area (Å²) in [5.74, 6) is 0.0790. The maximum Gasteiger partial charge on any atom is 0.411 e. The number of ether oxygens (including phenoxy) is 1. The van der Waals surface area contributed by atoms with Crippen LogP contribution in [-0.2, 0) is 4.74 Å². The molecule has 0 saturated heterocycles. The number of benzene rings is 1. The van der Waals surface area contributed by atoms with E-state index in [4.69, 9.17) is 27.9 Å². The number of nitrogens with zero attached hydrogens (tertiary/aromatic N) is 4. The number of alkyl halides is 1. The minimum absolute atomic E-state index is 0.131. The Bertz CT molecular complexity index is 1240. The van der Waals surface area contributed by atoms with Crippen LogP contribution in [0.2, 0.25) is 5.02 Å². The van der Waals surface area contributed by atoms with Gasteiger partial charge in [0.05, 0.1) is 34.6 Å². The van der Waals surface area contributed by atoms with E-state index in [2.05, 4.69) is 36.6 Å². The van der Waals surface area contributed by atoms with Gasteiger partial charge in [-0.3, -0.25) is 10.1 Å². The topological polar surface area (TPSA) is 122 Å². The van der Waals surface area contributed by atoms with Gasteiger partial charge in [0.2, 0.25) is 0 Å². The monoisotopic (exact) mass is 550 g/mol. The number of hydrogen-bond donors (Lipinski definition) is 2. The lowest BCUT2D eigenvalue weighted by Crippen LogP contribution is -2.21. The average Bonchev–Trinajstić information content (AvgIpc) is 3.17. The van der Waals surface area contributed by atoms with Crippen LogP contribution >= 0.6 is 39.1 Å². The van der Waals surface area contributed by atoms with Crippen LogP contribution in [0.3, 0.4) is 0 Å². The van der Waals surface area contributed by atoms with Gasteiger partial charge in [0.1, 0.15) is 10.3 Å². The number of amides is 2. The summed E-state index contributed by atoms with van der Waals surface area (Å²) in [7, 11) is 0. The van der Waals surface area contributed by atoms with E-state index in [9.17, 15) is 14.9 Å². The number of aryl methyl sites for hydroxylation is 1. The molecule has 0 atom stereocenters. The van der Waals surface area contributed by atoms with Gasteiger partial charge < -0.3 is 10.1 Å². The smallest absolute Gasteiger partial charge is 0.411 e. The second-order valence-corrected chi connectivity index (χ2v) is 8.26. The van der Waals surface area contributed by atoms with Crippen molar-refractivity contribution in [3.05, 3.63) is 63.0 Å². The fourth-order valence-corrected chi connectivity index (χ4v) is 3.55. The van der Waals surface area contributed by atoms with Gasteiger partial charge in [-0.05, 0) is 59.1 Å². The zero-order chi connectivity index (χ0) is 24.0. The Hall–Kier alpha value is -3.13. The molecule has 0 aliphatic carbocycles. The highest BCUT2D eigenvalue weighted by Crippen LogP contribution is 2.29. The standard InChI is InChI=1S/C21H17BrCl2N6O3/c1-12-8-13(11-25)9-15(27-21(32)33-7-3-5-23)18(12)28-20(31)16-10-17(22)29-30(16)19-14(24)4-2-6-26-19/h2,4,6,8-10H,3,5,7H2,1H3,(H,27,32)(H,28,31). The van der Waals surface area contributed by atoms with Crippen LogP contribution in [0.15, 0.2) is 41.1 Å². The van der Waals surface area contributed by atoms with Crippen LogP contribution in [0.5, 0.6) is 0 Å². The fourth-order valence-electron chi connectivity index (χ4n) is 2.87. The second kappa shape index (κ2) is 11.1. The number of aromatic nitrogens is 3. The molecule has 0 saturated carbocycles. The number of carbonyl (C=O) groups is 2. The van der Waals surface area contributed by atoms with Crippen molar-refractivity contribution in [2.45, 2.75) is 13.3 Å². The van der Waals surface area contributed by atoms with Gasteiger partial charge >= 0.3 is 6.09 Å². The first-order valence-corrected chi connectivity index (χ1v) is 11.3. The van der Waals surface area contributed by atoms with Crippen LogP contribution < -0.4 is 10.6 Å². The molecule has 9 nitrogen and oxygen atoms in total. The predicted molar refractivity (Wildman–Crippen MR) is 128 cm³/mol. The number of nitriles is 1. The molecule has 1 aromatic carbocycles. The molecule has 2 heterocycles. The molecule has 2 N–H and O–H groups in total. The molecule has 3 rings (SSSR count). The van der Waals surface area contributed by atoms with Gasteiger partial charge in [0.15, 0.2) is 5.82 Å². The van der Waals surface area contributed by atoms with Gasteiger partial charge in [-0.2, -0.15) is 10.4 Å². The molecular formula is C21H17BrCl2N6O3. The van der Waals surface area contributed by atoms with Crippen LogP contribution in [-0.4, -0.2) is 39.3 Å². The third kappa shape index (κ3) is 6.01. The van der Waals surface area contributed by atoms with Crippen molar-refractivity contribution < 1.29 is 14.3 Å². The Morgan fingerprint density at radius 1 is 1.30 bits per heavy atom. The maximum absolute atomic E-state index is 13.2. The molecule has 12 heteroatoms. The highest BCUT2D eigenvalue weighted by molar-refractivity contribution is 9.10. The summed E-state index contributed by atoms with van der Waals surface area (Å²) in [5.41, 5.74) is 1.50.